The molecule has 0 aromatic carbocycles. The minimum atomic E-state index is 0.779. The summed E-state index contributed by atoms with van der Waals surface area (Å²) in [6, 6.07) is 2.13. The molecule has 0 bridgehead atoms. The largest absolute Gasteiger partial charge is 0.355 e. The van der Waals surface area contributed by atoms with Gasteiger partial charge in [0.25, 0.3) is 0 Å². The Morgan fingerprint density at radius 3 is 3.05 bits per heavy atom. The van der Waals surface area contributed by atoms with Crippen molar-refractivity contribution >= 4 is 27.4 Å². The van der Waals surface area contributed by atoms with E-state index in [0.717, 1.165) is 56.3 Å². The van der Waals surface area contributed by atoms with Gasteiger partial charge in [-0.3, -0.25) is 0 Å². The van der Waals surface area contributed by atoms with Crippen LogP contribution in [-0.2, 0) is 0 Å². The summed E-state index contributed by atoms with van der Waals surface area (Å²) < 4.78 is 0. The van der Waals surface area contributed by atoms with E-state index >= 15 is 0 Å². The highest BCUT2D eigenvalue weighted by atomic mass is 32.1. The van der Waals surface area contributed by atoms with Crippen LogP contribution in [0.3, 0.4) is 0 Å². The smallest absolute Gasteiger partial charge is 0.140 e. The molecule has 1 saturated heterocycles. The van der Waals surface area contributed by atoms with E-state index in [0.29, 0.717) is 0 Å². The van der Waals surface area contributed by atoms with E-state index in [1.54, 1.807) is 17.7 Å². The number of anilines is 1. The lowest BCUT2D eigenvalue weighted by atomic mass is 10.3. The molecule has 5 nitrogen and oxygen atoms in total. The van der Waals surface area contributed by atoms with Crippen molar-refractivity contribution in [1.82, 2.24) is 14.9 Å². The van der Waals surface area contributed by atoms with Crippen molar-refractivity contribution in [3.05, 3.63) is 17.8 Å². The Bertz CT molecular complexity index is 555. The molecule has 108 valence electrons. The van der Waals surface area contributed by atoms with Crippen molar-refractivity contribution in [2.45, 2.75) is 12.8 Å². The number of aromatic nitrogens is 2. The Balaban J connectivity index is 1.73. The maximum absolute atomic E-state index is 5.60. The molecule has 1 aliphatic heterocycles. The Morgan fingerprint density at radius 1 is 1.20 bits per heavy atom. The third kappa shape index (κ3) is 2.92. The van der Waals surface area contributed by atoms with Crippen LogP contribution in [0.2, 0.25) is 0 Å². The molecule has 20 heavy (non-hydrogen) atoms. The van der Waals surface area contributed by atoms with Gasteiger partial charge in [-0.05, 0) is 43.9 Å². The number of nitrogens with two attached hydrogens (primary N) is 1. The highest BCUT2D eigenvalue weighted by Gasteiger charge is 2.17. The quantitative estimate of drug-likeness (QED) is 0.926. The number of fused-ring (bicyclic) bond motifs is 1. The van der Waals surface area contributed by atoms with Gasteiger partial charge in [0.2, 0.25) is 0 Å². The zero-order valence-electron chi connectivity index (χ0n) is 11.7. The van der Waals surface area contributed by atoms with Crippen LogP contribution in [0.25, 0.3) is 10.2 Å². The molecular weight excluding hydrogens is 270 g/mol. The average molecular weight is 291 g/mol. The lowest BCUT2D eigenvalue weighted by Crippen LogP contribution is -2.32. The van der Waals surface area contributed by atoms with Gasteiger partial charge in [-0.1, -0.05) is 0 Å². The summed E-state index contributed by atoms with van der Waals surface area (Å²) in [5.74, 6) is 1.09. The van der Waals surface area contributed by atoms with Crippen LogP contribution < -0.4 is 10.6 Å². The van der Waals surface area contributed by atoms with Crippen LogP contribution in [0.15, 0.2) is 17.8 Å². The predicted octanol–water partition coefficient (Wildman–Crippen LogP) is 1.55. The third-order valence-corrected chi connectivity index (χ3v) is 4.63. The zero-order chi connectivity index (χ0) is 13.8. The maximum Gasteiger partial charge on any atom is 0.140 e. The van der Waals surface area contributed by atoms with Crippen molar-refractivity contribution in [2.75, 3.05) is 44.2 Å². The van der Waals surface area contributed by atoms with Crippen LogP contribution in [-0.4, -0.2) is 54.1 Å². The van der Waals surface area contributed by atoms with Crippen LogP contribution >= 0.6 is 11.3 Å². The highest BCUT2D eigenvalue weighted by molar-refractivity contribution is 7.16. The minimum absolute atomic E-state index is 0.779. The second-order valence-electron chi connectivity index (χ2n) is 5.16. The van der Waals surface area contributed by atoms with Gasteiger partial charge in [0.1, 0.15) is 17.0 Å². The second-order valence-corrected chi connectivity index (χ2v) is 6.06. The number of hydrogen-bond donors (Lipinski definition) is 1. The van der Waals surface area contributed by atoms with Crippen LogP contribution in [0.4, 0.5) is 5.82 Å². The normalized spacial score (nSPS) is 17.6. The topological polar surface area (TPSA) is 58.3 Å². The SMILES string of the molecule is NCCCN1CCCN(c2ncnc3sccc23)CC1. The van der Waals surface area contributed by atoms with Gasteiger partial charge in [-0.2, -0.15) is 0 Å². The third-order valence-electron chi connectivity index (χ3n) is 3.81. The van der Waals surface area contributed by atoms with E-state index in [1.165, 1.54) is 11.8 Å². The fraction of sp³-hybridized carbons (Fsp3) is 0.571. The summed E-state index contributed by atoms with van der Waals surface area (Å²) >= 11 is 1.68. The summed E-state index contributed by atoms with van der Waals surface area (Å²) in [4.78, 5) is 14.8. The molecule has 2 N–H and O–H groups in total. The van der Waals surface area contributed by atoms with E-state index in [9.17, 15) is 0 Å². The van der Waals surface area contributed by atoms with Crippen molar-refractivity contribution in [3.8, 4) is 0 Å². The van der Waals surface area contributed by atoms with Crippen LogP contribution in [0.1, 0.15) is 12.8 Å². The molecule has 3 rings (SSSR count). The van der Waals surface area contributed by atoms with Gasteiger partial charge < -0.3 is 15.5 Å². The minimum Gasteiger partial charge on any atom is -0.355 e. The zero-order valence-corrected chi connectivity index (χ0v) is 12.5. The van der Waals surface area contributed by atoms with Gasteiger partial charge in [0, 0.05) is 19.6 Å². The molecule has 0 atom stereocenters. The molecule has 1 fully saturated rings. The van der Waals surface area contributed by atoms with Gasteiger partial charge >= 0.3 is 0 Å². The number of rotatable bonds is 4. The molecule has 0 aliphatic carbocycles. The summed E-state index contributed by atoms with van der Waals surface area (Å²) in [6.07, 6.45) is 3.95. The van der Waals surface area contributed by atoms with Gasteiger partial charge in [-0.25, -0.2) is 9.97 Å². The fourth-order valence-electron chi connectivity index (χ4n) is 2.75. The first-order chi connectivity index (χ1) is 9.88. The second kappa shape index (κ2) is 6.47. The first-order valence-electron chi connectivity index (χ1n) is 7.24. The summed E-state index contributed by atoms with van der Waals surface area (Å²) in [5, 5.41) is 3.28. The predicted molar refractivity (Wildman–Crippen MR) is 84.4 cm³/mol. The maximum atomic E-state index is 5.60. The average Bonchev–Trinajstić information content (AvgIpc) is 2.83. The van der Waals surface area contributed by atoms with Crippen LogP contribution in [0.5, 0.6) is 0 Å². The Hall–Kier alpha value is -1.24. The number of hydrogen-bond acceptors (Lipinski definition) is 6. The van der Waals surface area contributed by atoms with E-state index in [1.807, 2.05) is 0 Å². The van der Waals surface area contributed by atoms with E-state index < -0.39 is 0 Å². The Kier molecular flexibility index (Phi) is 4.44. The number of thiophene rings is 1. The highest BCUT2D eigenvalue weighted by Crippen LogP contribution is 2.27. The molecular formula is C14H21N5S. The van der Waals surface area contributed by atoms with Crippen molar-refractivity contribution in [1.29, 1.82) is 0 Å². The molecule has 3 heterocycles. The van der Waals surface area contributed by atoms with E-state index in [4.69, 9.17) is 5.73 Å². The van der Waals surface area contributed by atoms with E-state index in [2.05, 4.69) is 31.2 Å². The van der Waals surface area contributed by atoms with Crippen molar-refractivity contribution in [3.63, 3.8) is 0 Å². The van der Waals surface area contributed by atoms with Crippen LogP contribution in [0, 0.1) is 0 Å². The standard InChI is InChI=1S/C14H21N5S/c15-4-1-5-18-6-2-7-19(9-8-18)13-12-3-10-20-14(12)17-11-16-13/h3,10-11H,1-2,4-9,15H2. The molecule has 0 radical (unpaired) electrons. The molecule has 0 spiro atoms. The summed E-state index contributed by atoms with van der Waals surface area (Å²) in [5.41, 5.74) is 5.60. The van der Waals surface area contributed by atoms with E-state index in [-0.39, 0.29) is 0 Å². The first kappa shape index (κ1) is 13.7. The molecule has 0 unspecified atom stereocenters. The van der Waals surface area contributed by atoms with Gasteiger partial charge in [0.05, 0.1) is 5.39 Å². The van der Waals surface area contributed by atoms with Gasteiger partial charge in [0.15, 0.2) is 0 Å². The summed E-state index contributed by atoms with van der Waals surface area (Å²) in [7, 11) is 0. The monoisotopic (exact) mass is 291 g/mol. The first-order valence-corrected chi connectivity index (χ1v) is 8.12. The molecule has 2 aromatic rings. The Labute approximate surface area is 123 Å². The van der Waals surface area contributed by atoms with Crippen molar-refractivity contribution in [2.24, 2.45) is 5.73 Å². The molecule has 2 aromatic heterocycles. The van der Waals surface area contributed by atoms with Gasteiger partial charge in [-0.15, -0.1) is 11.3 Å². The molecule has 1 aliphatic rings. The Morgan fingerprint density at radius 2 is 2.15 bits per heavy atom. The summed E-state index contributed by atoms with van der Waals surface area (Å²) in [6.45, 7) is 6.25. The van der Waals surface area contributed by atoms with Crippen molar-refractivity contribution < 1.29 is 0 Å². The molecule has 6 heteroatoms. The lowest BCUT2D eigenvalue weighted by molar-refractivity contribution is 0.291. The fourth-order valence-corrected chi connectivity index (χ4v) is 3.48. The number of nitrogens with zero attached hydrogens (tertiary/aromatic N) is 4. The molecule has 0 amide bonds. The molecule has 0 saturated carbocycles. The lowest BCUT2D eigenvalue weighted by Gasteiger charge is -2.23.